The molecule has 0 bridgehead atoms. The van der Waals surface area contributed by atoms with Crippen LogP contribution in [-0.4, -0.2) is 36.6 Å². The summed E-state index contributed by atoms with van der Waals surface area (Å²) in [6.45, 7) is 2.03. The maximum Gasteiger partial charge on any atom is 0.244 e. The van der Waals surface area contributed by atoms with E-state index in [4.69, 9.17) is 14.2 Å². The second kappa shape index (κ2) is 7.60. The first-order chi connectivity index (χ1) is 10.6. The van der Waals surface area contributed by atoms with Gasteiger partial charge in [-0.1, -0.05) is 18.7 Å². The van der Waals surface area contributed by atoms with Crippen LogP contribution in [0.2, 0.25) is 0 Å². The van der Waals surface area contributed by atoms with Crippen molar-refractivity contribution in [3.05, 3.63) is 23.4 Å². The molecule has 22 heavy (non-hydrogen) atoms. The highest BCUT2D eigenvalue weighted by Crippen LogP contribution is 2.39. The van der Waals surface area contributed by atoms with Crippen LogP contribution in [0.25, 0.3) is 6.08 Å². The zero-order valence-electron chi connectivity index (χ0n) is 12.8. The molecule has 0 spiro atoms. The Balaban J connectivity index is 2.41. The lowest BCUT2D eigenvalue weighted by atomic mass is 10.1. The first-order valence-corrected chi connectivity index (χ1v) is 8.38. The number of thioether (sulfide) groups is 2. The second-order valence-electron chi connectivity index (χ2n) is 4.19. The molecule has 0 radical (unpaired) electrons. The molecule has 1 heterocycles. The van der Waals surface area contributed by atoms with Crippen molar-refractivity contribution in [2.75, 3.05) is 27.1 Å². The molecular weight excluding hydrogens is 322 g/mol. The van der Waals surface area contributed by atoms with Gasteiger partial charge in [0.15, 0.2) is 11.5 Å². The predicted octanol–water partition coefficient (Wildman–Crippen LogP) is 3.44. The summed E-state index contributed by atoms with van der Waals surface area (Å²) < 4.78 is 16.7. The van der Waals surface area contributed by atoms with Gasteiger partial charge in [-0.15, -0.1) is 0 Å². The molecule has 0 saturated carbocycles. The minimum absolute atomic E-state index is 0.0512. The Morgan fingerprint density at radius 1 is 1.18 bits per heavy atom. The van der Waals surface area contributed by atoms with Gasteiger partial charge in [0.05, 0.1) is 21.3 Å². The number of aliphatic imine (C=N–C) groups is 1. The highest BCUT2D eigenvalue weighted by molar-refractivity contribution is 8.45. The first kappa shape index (κ1) is 16.8. The van der Waals surface area contributed by atoms with E-state index in [-0.39, 0.29) is 5.12 Å². The van der Waals surface area contributed by atoms with E-state index in [2.05, 4.69) is 4.99 Å². The van der Waals surface area contributed by atoms with Crippen molar-refractivity contribution >= 4 is 39.1 Å². The maximum absolute atomic E-state index is 12.0. The molecule has 0 saturated heterocycles. The lowest BCUT2D eigenvalue weighted by Crippen LogP contribution is -1.96. The fourth-order valence-corrected chi connectivity index (χ4v) is 3.66. The Hall–Kier alpha value is -1.60. The Bertz CT molecular complexity index is 615. The monoisotopic (exact) mass is 339 g/mol. The molecule has 1 aliphatic rings. The quantitative estimate of drug-likeness (QED) is 0.766. The SMILES string of the molecule is CCSC1=N/C(=C\c2cc(OC)c(OC)c(OC)c2)C(=O)S1. The van der Waals surface area contributed by atoms with Gasteiger partial charge in [0.2, 0.25) is 10.9 Å². The third-order valence-corrected chi connectivity index (χ3v) is 4.75. The average molecular weight is 339 g/mol. The molecule has 0 atom stereocenters. The summed E-state index contributed by atoms with van der Waals surface area (Å²) in [5.74, 6) is 2.49. The first-order valence-electron chi connectivity index (χ1n) is 6.58. The van der Waals surface area contributed by atoms with Gasteiger partial charge in [-0.25, -0.2) is 4.99 Å². The number of carbonyl (C=O) groups excluding carboxylic acids is 1. The maximum atomic E-state index is 12.0. The normalized spacial score (nSPS) is 15.9. The van der Waals surface area contributed by atoms with E-state index in [1.54, 1.807) is 51.3 Å². The molecule has 5 nitrogen and oxygen atoms in total. The van der Waals surface area contributed by atoms with Gasteiger partial charge in [0, 0.05) is 0 Å². The van der Waals surface area contributed by atoms with Gasteiger partial charge in [-0.3, -0.25) is 4.79 Å². The number of rotatable bonds is 5. The molecule has 0 amide bonds. The summed E-state index contributed by atoms with van der Waals surface area (Å²) in [7, 11) is 4.66. The number of benzene rings is 1. The van der Waals surface area contributed by atoms with Crippen LogP contribution in [0, 0.1) is 0 Å². The van der Waals surface area contributed by atoms with Gasteiger partial charge >= 0.3 is 0 Å². The van der Waals surface area contributed by atoms with Crippen molar-refractivity contribution in [2.24, 2.45) is 4.99 Å². The van der Waals surface area contributed by atoms with Crippen LogP contribution in [0.1, 0.15) is 12.5 Å². The molecule has 2 rings (SSSR count). The van der Waals surface area contributed by atoms with E-state index in [1.807, 2.05) is 6.92 Å². The highest BCUT2D eigenvalue weighted by atomic mass is 32.2. The van der Waals surface area contributed by atoms with Crippen LogP contribution in [0.15, 0.2) is 22.8 Å². The summed E-state index contributed by atoms with van der Waals surface area (Å²) in [6, 6.07) is 3.57. The smallest absolute Gasteiger partial charge is 0.244 e. The molecule has 1 aliphatic heterocycles. The van der Waals surface area contributed by atoms with Crippen molar-refractivity contribution in [1.29, 1.82) is 0 Å². The number of hydrogen-bond acceptors (Lipinski definition) is 7. The summed E-state index contributed by atoms with van der Waals surface area (Å²) in [5, 5.41) is -0.0512. The molecule has 1 aromatic rings. The van der Waals surface area contributed by atoms with E-state index in [0.29, 0.717) is 22.9 Å². The Kier molecular flexibility index (Phi) is 5.79. The standard InChI is InChI=1S/C15H17NO4S2/c1-5-21-15-16-10(14(17)22-15)6-9-7-11(18-2)13(20-4)12(8-9)19-3/h6-8H,5H2,1-4H3/b10-6-. The lowest BCUT2D eigenvalue weighted by molar-refractivity contribution is -0.107. The van der Waals surface area contributed by atoms with Crippen molar-refractivity contribution in [1.82, 2.24) is 0 Å². The number of ether oxygens (including phenoxy) is 3. The van der Waals surface area contributed by atoms with Crippen LogP contribution in [0.3, 0.4) is 0 Å². The average Bonchev–Trinajstić information content (AvgIpc) is 2.86. The largest absolute Gasteiger partial charge is 0.493 e. The Morgan fingerprint density at radius 3 is 2.32 bits per heavy atom. The number of carbonyl (C=O) groups is 1. The molecule has 0 aliphatic carbocycles. The van der Waals surface area contributed by atoms with Crippen LogP contribution in [0.5, 0.6) is 17.2 Å². The lowest BCUT2D eigenvalue weighted by Gasteiger charge is -2.12. The van der Waals surface area contributed by atoms with E-state index < -0.39 is 0 Å². The minimum atomic E-state index is -0.0512. The van der Waals surface area contributed by atoms with Gasteiger partial charge < -0.3 is 14.2 Å². The molecule has 118 valence electrons. The van der Waals surface area contributed by atoms with Crippen LogP contribution in [0.4, 0.5) is 0 Å². The molecule has 1 aromatic carbocycles. The fraction of sp³-hybridized carbons (Fsp3) is 0.333. The van der Waals surface area contributed by atoms with Gasteiger partial charge in [0.1, 0.15) is 10.1 Å². The molecule has 0 fully saturated rings. The number of methoxy groups -OCH3 is 3. The molecule has 0 unspecified atom stereocenters. The molecule has 0 N–H and O–H groups in total. The van der Waals surface area contributed by atoms with Crippen LogP contribution in [-0.2, 0) is 4.79 Å². The third-order valence-electron chi connectivity index (χ3n) is 2.86. The summed E-state index contributed by atoms with van der Waals surface area (Å²) in [4.78, 5) is 16.3. The van der Waals surface area contributed by atoms with Crippen molar-refractivity contribution in [3.8, 4) is 17.2 Å². The van der Waals surface area contributed by atoms with Crippen molar-refractivity contribution < 1.29 is 19.0 Å². The summed E-state index contributed by atoms with van der Waals surface area (Å²) in [6.07, 6.45) is 1.73. The zero-order chi connectivity index (χ0) is 16.1. The van der Waals surface area contributed by atoms with Crippen LogP contribution >= 0.6 is 23.5 Å². The Labute approximate surface area is 138 Å². The third kappa shape index (κ3) is 3.59. The van der Waals surface area contributed by atoms with Gasteiger partial charge in [0.25, 0.3) is 0 Å². The zero-order valence-corrected chi connectivity index (χ0v) is 14.5. The van der Waals surface area contributed by atoms with E-state index in [0.717, 1.165) is 27.5 Å². The number of nitrogens with zero attached hydrogens (tertiary/aromatic N) is 1. The van der Waals surface area contributed by atoms with Crippen LogP contribution < -0.4 is 14.2 Å². The van der Waals surface area contributed by atoms with E-state index in [9.17, 15) is 4.79 Å². The second-order valence-corrected chi connectivity index (χ2v) is 6.66. The summed E-state index contributed by atoms with van der Waals surface area (Å²) in [5.41, 5.74) is 1.19. The molecule has 7 heteroatoms. The molecule has 0 aromatic heterocycles. The molecular formula is C15H17NO4S2. The minimum Gasteiger partial charge on any atom is -0.493 e. The summed E-state index contributed by atoms with van der Waals surface area (Å²) >= 11 is 2.72. The van der Waals surface area contributed by atoms with E-state index in [1.165, 1.54) is 0 Å². The predicted molar refractivity (Wildman–Crippen MR) is 92.2 cm³/mol. The van der Waals surface area contributed by atoms with Gasteiger partial charge in [-0.2, -0.15) is 0 Å². The van der Waals surface area contributed by atoms with E-state index >= 15 is 0 Å². The fourth-order valence-electron chi connectivity index (χ4n) is 1.92. The highest BCUT2D eigenvalue weighted by Gasteiger charge is 2.22. The van der Waals surface area contributed by atoms with Crippen molar-refractivity contribution in [2.45, 2.75) is 6.92 Å². The topological polar surface area (TPSA) is 57.1 Å². The Morgan fingerprint density at radius 2 is 1.82 bits per heavy atom. The van der Waals surface area contributed by atoms with Crippen molar-refractivity contribution in [3.63, 3.8) is 0 Å². The number of hydrogen-bond donors (Lipinski definition) is 0. The van der Waals surface area contributed by atoms with Gasteiger partial charge in [-0.05, 0) is 41.3 Å².